The summed E-state index contributed by atoms with van der Waals surface area (Å²) < 4.78 is 0. The second kappa shape index (κ2) is 4.95. The van der Waals surface area contributed by atoms with E-state index in [2.05, 4.69) is 4.98 Å². The molecule has 0 radical (unpaired) electrons. The second-order valence-electron chi connectivity index (χ2n) is 4.16. The van der Waals surface area contributed by atoms with Gasteiger partial charge in [0.05, 0.1) is 5.56 Å². The summed E-state index contributed by atoms with van der Waals surface area (Å²) in [5.74, 6) is -1.36. The topological polar surface area (TPSA) is 70.5 Å². The summed E-state index contributed by atoms with van der Waals surface area (Å²) >= 11 is 0. The highest BCUT2D eigenvalue weighted by atomic mass is 16.4. The molecule has 0 aromatic carbocycles. The zero-order valence-electron chi connectivity index (χ0n) is 10.2. The van der Waals surface area contributed by atoms with Crippen LogP contribution >= 0.6 is 0 Å². The first-order valence-electron chi connectivity index (χ1n) is 5.36. The molecule has 0 aliphatic carbocycles. The zero-order valence-corrected chi connectivity index (χ0v) is 10.2. The van der Waals surface area contributed by atoms with Crippen molar-refractivity contribution in [1.29, 1.82) is 0 Å². The van der Waals surface area contributed by atoms with Crippen molar-refractivity contribution in [3.63, 3.8) is 0 Å². The number of pyridine rings is 1. The highest BCUT2D eigenvalue weighted by Gasteiger charge is 2.37. The number of amides is 1. The molecule has 1 N–H and O–H groups in total. The van der Waals surface area contributed by atoms with Crippen LogP contribution in [0.3, 0.4) is 0 Å². The molecule has 0 atom stereocenters. The number of hydrogen-bond donors (Lipinski definition) is 1. The molecule has 1 amide bonds. The van der Waals surface area contributed by atoms with Gasteiger partial charge in [0.1, 0.15) is 5.54 Å². The highest BCUT2D eigenvalue weighted by Crippen LogP contribution is 2.17. The Hall–Kier alpha value is -1.91. The van der Waals surface area contributed by atoms with Crippen LogP contribution in [0, 0.1) is 0 Å². The molecule has 1 aromatic heterocycles. The second-order valence-corrected chi connectivity index (χ2v) is 4.16. The molecule has 0 aliphatic heterocycles. The molecule has 5 heteroatoms. The zero-order chi connectivity index (χ0) is 13.1. The van der Waals surface area contributed by atoms with E-state index in [1.165, 1.54) is 24.9 Å². The first kappa shape index (κ1) is 13.2. The highest BCUT2D eigenvalue weighted by molar-refractivity contribution is 5.97. The van der Waals surface area contributed by atoms with Gasteiger partial charge in [0.25, 0.3) is 5.91 Å². The molecule has 0 bridgehead atoms. The molecule has 0 fully saturated rings. The van der Waals surface area contributed by atoms with E-state index in [1.807, 2.05) is 0 Å². The van der Waals surface area contributed by atoms with Crippen molar-refractivity contribution in [1.82, 2.24) is 9.88 Å². The first-order valence-corrected chi connectivity index (χ1v) is 5.36. The van der Waals surface area contributed by atoms with Crippen molar-refractivity contribution in [2.45, 2.75) is 26.3 Å². The van der Waals surface area contributed by atoms with Gasteiger partial charge in [-0.15, -0.1) is 0 Å². The van der Waals surface area contributed by atoms with Crippen molar-refractivity contribution in [2.24, 2.45) is 0 Å². The number of rotatable bonds is 4. The number of carbonyl (C=O) groups excluding carboxylic acids is 1. The number of hydrogen-bond acceptors (Lipinski definition) is 3. The minimum Gasteiger partial charge on any atom is -0.480 e. The van der Waals surface area contributed by atoms with E-state index in [1.54, 1.807) is 25.3 Å². The van der Waals surface area contributed by atoms with E-state index >= 15 is 0 Å². The molecule has 1 rings (SSSR count). The maximum absolute atomic E-state index is 12.1. The van der Waals surface area contributed by atoms with E-state index in [4.69, 9.17) is 5.11 Å². The summed E-state index contributed by atoms with van der Waals surface area (Å²) in [5, 5.41) is 9.13. The third-order valence-electron chi connectivity index (χ3n) is 2.67. The summed E-state index contributed by atoms with van der Waals surface area (Å²) in [7, 11) is 0. The van der Waals surface area contributed by atoms with Crippen LogP contribution in [-0.2, 0) is 4.79 Å². The van der Waals surface area contributed by atoms with E-state index in [-0.39, 0.29) is 5.91 Å². The number of aromatic nitrogens is 1. The molecule has 1 aromatic rings. The predicted molar refractivity (Wildman–Crippen MR) is 62.7 cm³/mol. The third-order valence-corrected chi connectivity index (χ3v) is 2.67. The van der Waals surface area contributed by atoms with E-state index in [0.29, 0.717) is 12.1 Å². The van der Waals surface area contributed by atoms with Crippen LogP contribution in [0.4, 0.5) is 0 Å². The molecule has 5 nitrogen and oxygen atoms in total. The van der Waals surface area contributed by atoms with Gasteiger partial charge in [-0.3, -0.25) is 9.78 Å². The van der Waals surface area contributed by atoms with Gasteiger partial charge < -0.3 is 10.0 Å². The Kier molecular flexibility index (Phi) is 3.83. The average molecular weight is 236 g/mol. The fourth-order valence-corrected chi connectivity index (χ4v) is 1.55. The van der Waals surface area contributed by atoms with Crippen molar-refractivity contribution in [3.05, 3.63) is 30.1 Å². The molecule has 0 saturated heterocycles. The monoisotopic (exact) mass is 236 g/mol. The Bertz CT molecular complexity index is 415. The van der Waals surface area contributed by atoms with Gasteiger partial charge >= 0.3 is 5.97 Å². The van der Waals surface area contributed by atoms with Crippen LogP contribution in [0.25, 0.3) is 0 Å². The van der Waals surface area contributed by atoms with E-state index in [9.17, 15) is 9.59 Å². The summed E-state index contributed by atoms with van der Waals surface area (Å²) in [6.45, 7) is 5.09. The molecule has 17 heavy (non-hydrogen) atoms. The lowest BCUT2D eigenvalue weighted by atomic mass is 10.0. The summed E-state index contributed by atoms with van der Waals surface area (Å²) in [4.78, 5) is 28.5. The maximum atomic E-state index is 12.1. The van der Waals surface area contributed by atoms with Crippen LogP contribution < -0.4 is 0 Å². The summed E-state index contributed by atoms with van der Waals surface area (Å²) in [6.07, 6.45) is 3.00. The van der Waals surface area contributed by atoms with Crippen LogP contribution in [0.1, 0.15) is 31.1 Å². The lowest BCUT2D eigenvalue weighted by Gasteiger charge is -2.34. The van der Waals surface area contributed by atoms with Gasteiger partial charge in [-0.25, -0.2) is 4.79 Å². The van der Waals surface area contributed by atoms with E-state index < -0.39 is 11.5 Å². The summed E-state index contributed by atoms with van der Waals surface area (Å²) in [5.41, 5.74) is -0.842. The predicted octanol–water partition coefficient (Wildman–Crippen LogP) is 1.41. The van der Waals surface area contributed by atoms with Gasteiger partial charge in [0.2, 0.25) is 0 Å². The van der Waals surface area contributed by atoms with Crippen LogP contribution in [0.15, 0.2) is 24.5 Å². The van der Waals surface area contributed by atoms with Gasteiger partial charge in [0.15, 0.2) is 0 Å². The smallest absolute Gasteiger partial charge is 0.329 e. The van der Waals surface area contributed by atoms with Crippen LogP contribution in [0.5, 0.6) is 0 Å². The fraction of sp³-hybridized carbons (Fsp3) is 0.417. The van der Waals surface area contributed by atoms with Crippen LogP contribution in [-0.4, -0.2) is 39.0 Å². The molecule has 92 valence electrons. The molecule has 0 spiro atoms. The molecule has 0 unspecified atom stereocenters. The number of likely N-dealkylation sites (N-methyl/N-ethyl adjacent to an activating group) is 1. The van der Waals surface area contributed by atoms with Crippen molar-refractivity contribution < 1.29 is 14.7 Å². The Morgan fingerprint density at radius 3 is 2.53 bits per heavy atom. The van der Waals surface area contributed by atoms with Gasteiger partial charge in [0, 0.05) is 18.9 Å². The van der Waals surface area contributed by atoms with Gasteiger partial charge in [-0.05, 0) is 32.9 Å². The van der Waals surface area contributed by atoms with E-state index in [0.717, 1.165) is 0 Å². The number of carbonyl (C=O) groups is 2. The molecule has 0 saturated carbocycles. The Labute approximate surface area is 100 Å². The number of nitrogens with zero attached hydrogens (tertiary/aromatic N) is 2. The molecular weight excluding hydrogens is 220 g/mol. The third kappa shape index (κ3) is 2.61. The summed E-state index contributed by atoms with van der Waals surface area (Å²) in [6, 6.07) is 3.27. The fourth-order valence-electron chi connectivity index (χ4n) is 1.55. The first-order chi connectivity index (χ1) is 7.91. The molecule has 0 aliphatic rings. The lowest BCUT2D eigenvalue weighted by molar-refractivity contribution is -0.147. The average Bonchev–Trinajstić information content (AvgIpc) is 2.30. The minimum atomic E-state index is -1.23. The number of carboxylic acid groups (broad SMARTS) is 1. The Balaban J connectivity index is 3.05. The minimum absolute atomic E-state index is 0.326. The normalized spacial score (nSPS) is 11.0. The Morgan fingerprint density at radius 2 is 2.12 bits per heavy atom. The standard InChI is InChI=1S/C12H16N2O3/c1-4-14(12(2,3)11(16)17)10(15)9-6-5-7-13-8-9/h5-8H,4H2,1-3H3,(H,16,17). The Morgan fingerprint density at radius 1 is 1.47 bits per heavy atom. The van der Waals surface area contributed by atoms with Gasteiger partial charge in [-0.2, -0.15) is 0 Å². The maximum Gasteiger partial charge on any atom is 0.329 e. The number of aliphatic carboxylic acids is 1. The van der Waals surface area contributed by atoms with Crippen molar-refractivity contribution >= 4 is 11.9 Å². The number of carboxylic acids is 1. The van der Waals surface area contributed by atoms with Gasteiger partial charge in [-0.1, -0.05) is 0 Å². The lowest BCUT2D eigenvalue weighted by Crippen LogP contribution is -2.52. The van der Waals surface area contributed by atoms with Crippen molar-refractivity contribution in [3.8, 4) is 0 Å². The van der Waals surface area contributed by atoms with Crippen LogP contribution in [0.2, 0.25) is 0 Å². The molecular formula is C12H16N2O3. The molecule has 1 heterocycles. The SMILES string of the molecule is CCN(C(=O)c1cccnc1)C(C)(C)C(=O)O. The quantitative estimate of drug-likeness (QED) is 0.858. The largest absolute Gasteiger partial charge is 0.480 e. The van der Waals surface area contributed by atoms with Crippen molar-refractivity contribution in [2.75, 3.05) is 6.54 Å².